The first kappa shape index (κ1) is 18.0. The molecule has 2 rings (SSSR count). The van der Waals surface area contributed by atoms with Crippen molar-refractivity contribution >= 4 is 0 Å². The molecule has 2 aromatic carbocycles. The molecule has 0 heterocycles. The van der Waals surface area contributed by atoms with Gasteiger partial charge < -0.3 is 10.1 Å². The maximum atomic E-state index is 9.07. The van der Waals surface area contributed by atoms with Crippen LogP contribution in [0.15, 0.2) is 48.5 Å². The molecule has 1 atom stereocenters. The van der Waals surface area contributed by atoms with Crippen LogP contribution in [-0.2, 0) is 0 Å². The minimum atomic E-state index is -0.277. The number of hydrogen-bond acceptors (Lipinski definition) is 3. The van der Waals surface area contributed by atoms with Gasteiger partial charge in [0.2, 0.25) is 0 Å². The fourth-order valence-corrected chi connectivity index (χ4v) is 2.61. The molecular weight excluding hydrogens is 296 g/mol. The average Bonchev–Trinajstić information content (AvgIpc) is 2.61. The lowest BCUT2D eigenvalue weighted by Crippen LogP contribution is -2.24. The molecule has 0 fully saturated rings. The zero-order valence-electron chi connectivity index (χ0n) is 15.0. The van der Waals surface area contributed by atoms with Crippen molar-refractivity contribution < 1.29 is 4.74 Å². The van der Waals surface area contributed by atoms with E-state index >= 15 is 0 Å². The van der Waals surface area contributed by atoms with Gasteiger partial charge in [-0.25, -0.2) is 0 Å². The third kappa shape index (κ3) is 4.59. The second kappa shape index (κ2) is 7.99. The molecule has 24 heavy (non-hydrogen) atoms. The normalized spacial score (nSPS) is 12.5. The second-order valence-corrected chi connectivity index (χ2v) is 6.74. The van der Waals surface area contributed by atoms with Gasteiger partial charge in [-0.1, -0.05) is 42.5 Å². The summed E-state index contributed by atoms with van der Waals surface area (Å²) in [5.74, 6) is 0.884. The van der Waals surface area contributed by atoms with Crippen molar-refractivity contribution in [2.75, 3.05) is 13.7 Å². The summed E-state index contributed by atoms with van der Waals surface area (Å²) in [6.07, 6.45) is 0.840. The van der Waals surface area contributed by atoms with Gasteiger partial charge in [-0.3, -0.25) is 0 Å². The van der Waals surface area contributed by atoms with E-state index in [-0.39, 0.29) is 11.5 Å². The Balaban J connectivity index is 2.03. The maximum absolute atomic E-state index is 9.07. The number of para-hydroxylation sites is 1. The molecule has 0 aliphatic carbocycles. The molecule has 0 radical (unpaired) electrons. The molecule has 0 spiro atoms. The van der Waals surface area contributed by atoms with Crippen LogP contribution < -0.4 is 10.1 Å². The quantitative estimate of drug-likeness (QED) is 0.784. The molecule has 0 saturated carbocycles. The molecule has 1 unspecified atom stereocenters. The number of nitrogens with zero attached hydrogens (tertiary/aromatic N) is 1. The zero-order valence-corrected chi connectivity index (χ0v) is 15.0. The third-order valence-electron chi connectivity index (χ3n) is 4.33. The Kier molecular flexibility index (Phi) is 6.00. The summed E-state index contributed by atoms with van der Waals surface area (Å²) < 4.78 is 5.43. The van der Waals surface area contributed by atoms with Crippen molar-refractivity contribution in [3.63, 3.8) is 0 Å². The molecule has 0 amide bonds. The lowest BCUT2D eigenvalue weighted by atomic mass is 9.91. The van der Waals surface area contributed by atoms with E-state index in [1.54, 1.807) is 7.11 Å². The highest BCUT2D eigenvalue weighted by molar-refractivity contribution is 5.70. The van der Waals surface area contributed by atoms with E-state index in [1.165, 1.54) is 5.56 Å². The van der Waals surface area contributed by atoms with E-state index in [0.29, 0.717) is 0 Å². The summed E-state index contributed by atoms with van der Waals surface area (Å²) >= 11 is 0. The largest absolute Gasteiger partial charge is 0.496 e. The number of nitriles is 1. The molecule has 2 aromatic rings. The Bertz CT molecular complexity index is 699. The van der Waals surface area contributed by atoms with Crippen LogP contribution in [0.2, 0.25) is 0 Å². The van der Waals surface area contributed by atoms with Gasteiger partial charge in [-0.05, 0) is 50.9 Å². The molecule has 0 bridgehead atoms. The lowest BCUT2D eigenvalue weighted by molar-refractivity contribution is 0.416. The van der Waals surface area contributed by atoms with Crippen molar-refractivity contribution in [2.24, 2.45) is 5.41 Å². The molecule has 0 aliphatic rings. The second-order valence-electron chi connectivity index (χ2n) is 6.74. The van der Waals surface area contributed by atoms with Gasteiger partial charge in [0.25, 0.3) is 0 Å². The number of rotatable bonds is 7. The Morgan fingerprint density at radius 3 is 2.42 bits per heavy atom. The van der Waals surface area contributed by atoms with Crippen LogP contribution in [0.4, 0.5) is 0 Å². The lowest BCUT2D eigenvalue weighted by Gasteiger charge is -2.19. The summed E-state index contributed by atoms with van der Waals surface area (Å²) in [7, 11) is 1.70. The van der Waals surface area contributed by atoms with Gasteiger partial charge in [0.15, 0.2) is 0 Å². The van der Waals surface area contributed by atoms with Crippen molar-refractivity contribution in [1.29, 1.82) is 5.26 Å². The average molecular weight is 322 g/mol. The SMILES string of the molecule is COc1ccccc1-c1ccc(C(C)NCCC(C)(C)C#N)cc1. The van der Waals surface area contributed by atoms with Crippen LogP contribution in [0.3, 0.4) is 0 Å². The summed E-state index contributed by atoms with van der Waals surface area (Å²) in [5.41, 5.74) is 3.21. The summed E-state index contributed by atoms with van der Waals surface area (Å²) in [6, 6.07) is 19.2. The van der Waals surface area contributed by atoms with Crippen LogP contribution in [0.25, 0.3) is 11.1 Å². The van der Waals surface area contributed by atoms with Crippen LogP contribution in [0.5, 0.6) is 5.75 Å². The van der Waals surface area contributed by atoms with Gasteiger partial charge in [0.1, 0.15) is 5.75 Å². The first-order valence-electron chi connectivity index (χ1n) is 8.35. The smallest absolute Gasteiger partial charge is 0.126 e. The first-order chi connectivity index (χ1) is 11.5. The van der Waals surface area contributed by atoms with Gasteiger partial charge >= 0.3 is 0 Å². The molecule has 1 N–H and O–H groups in total. The van der Waals surface area contributed by atoms with Gasteiger partial charge in [0.05, 0.1) is 18.6 Å². The number of methoxy groups -OCH3 is 1. The standard InChI is InChI=1S/C21H26N2O/c1-16(23-14-13-21(2,3)15-22)17-9-11-18(12-10-17)19-7-5-6-8-20(19)24-4/h5-12,16,23H,13-14H2,1-4H3. The molecule has 0 aromatic heterocycles. The highest BCUT2D eigenvalue weighted by Crippen LogP contribution is 2.30. The van der Waals surface area contributed by atoms with E-state index in [1.807, 2.05) is 32.0 Å². The molecular formula is C21H26N2O. The highest BCUT2D eigenvalue weighted by atomic mass is 16.5. The predicted molar refractivity (Wildman–Crippen MR) is 98.9 cm³/mol. The van der Waals surface area contributed by atoms with Crippen LogP contribution in [0, 0.1) is 16.7 Å². The van der Waals surface area contributed by atoms with Gasteiger partial charge in [0, 0.05) is 11.6 Å². The number of hydrogen-bond donors (Lipinski definition) is 1. The van der Waals surface area contributed by atoms with E-state index in [0.717, 1.165) is 29.8 Å². The summed E-state index contributed by atoms with van der Waals surface area (Å²) in [5, 5.41) is 12.6. The fraction of sp³-hybridized carbons (Fsp3) is 0.381. The molecule has 3 heteroatoms. The Hall–Kier alpha value is -2.31. The van der Waals surface area contributed by atoms with Crippen molar-refractivity contribution in [3.05, 3.63) is 54.1 Å². The van der Waals surface area contributed by atoms with Gasteiger partial charge in [-0.15, -0.1) is 0 Å². The van der Waals surface area contributed by atoms with Crippen LogP contribution >= 0.6 is 0 Å². The van der Waals surface area contributed by atoms with Crippen molar-refractivity contribution in [2.45, 2.75) is 33.2 Å². The topological polar surface area (TPSA) is 45.0 Å². The third-order valence-corrected chi connectivity index (χ3v) is 4.33. The van der Waals surface area contributed by atoms with Crippen molar-refractivity contribution in [3.8, 4) is 22.9 Å². The van der Waals surface area contributed by atoms with E-state index in [2.05, 4.69) is 48.6 Å². The Labute approximate surface area is 145 Å². The van der Waals surface area contributed by atoms with E-state index in [4.69, 9.17) is 10.00 Å². The Morgan fingerprint density at radius 2 is 1.79 bits per heavy atom. The van der Waals surface area contributed by atoms with Crippen LogP contribution in [0.1, 0.15) is 38.8 Å². The summed E-state index contributed by atoms with van der Waals surface area (Å²) in [4.78, 5) is 0. The van der Waals surface area contributed by atoms with E-state index in [9.17, 15) is 0 Å². The monoisotopic (exact) mass is 322 g/mol. The first-order valence-corrected chi connectivity index (χ1v) is 8.35. The maximum Gasteiger partial charge on any atom is 0.126 e. The van der Waals surface area contributed by atoms with Gasteiger partial charge in [-0.2, -0.15) is 5.26 Å². The molecule has 3 nitrogen and oxygen atoms in total. The molecule has 0 aliphatic heterocycles. The van der Waals surface area contributed by atoms with Crippen LogP contribution in [-0.4, -0.2) is 13.7 Å². The molecule has 0 saturated heterocycles. The Morgan fingerprint density at radius 1 is 1.12 bits per heavy atom. The predicted octanol–water partition coefficient (Wildman–Crippen LogP) is 4.95. The molecule has 126 valence electrons. The number of ether oxygens (including phenoxy) is 1. The zero-order chi connectivity index (χ0) is 17.6. The number of benzene rings is 2. The highest BCUT2D eigenvalue weighted by Gasteiger charge is 2.16. The fourth-order valence-electron chi connectivity index (χ4n) is 2.61. The van der Waals surface area contributed by atoms with Crippen molar-refractivity contribution in [1.82, 2.24) is 5.32 Å². The number of nitrogens with one attached hydrogen (secondary N) is 1. The minimum Gasteiger partial charge on any atom is -0.496 e. The van der Waals surface area contributed by atoms with E-state index < -0.39 is 0 Å². The summed E-state index contributed by atoms with van der Waals surface area (Å²) in [6.45, 7) is 6.93. The minimum absolute atomic E-state index is 0.256.